The van der Waals surface area contributed by atoms with E-state index in [4.69, 9.17) is 4.98 Å². The van der Waals surface area contributed by atoms with E-state index in [9.17, 15) is 18.3 Å². The van der Waals surface area contributed by atoms with Crippen molar-refractivity contribution in [3.63, 3.8) is 0 Å². The van der Waals surface area contributed by atoms with Crippen molar-refractivity contribution in [3.05, 3.63) is 89.6 Å². The Morgan fingerprint density at radius 2 is 1.66 bits per heavy atom. The molecule has 35 heavy (non-hydrogen) atoms. The number of aromatic hydroxyl groups is 1. The third kappa shape index (κ3) is 4.83. The number of hydrogen-bond donors (Lipinski definition) is 1. The van der Waals surface area contributed by atoms with E-state index in [2.05, 4.69) is 48.1 Å². The van der Waals surface area contributed by atoms with Crippen molar-refractivity contribution < 1.29 is 18.3 Å². The molecule has 0 fully saturated rings. The minimum Gasteiger partial charge on any atom is -0.506 e. The van der Waals surface area contributed by atoms with Crippen molar-refractivity contribution in [1.82, 2.24) is 9.97 Å². The summed E-state index contributed by atoms with van der Waals surface area (Å²) in [5.41, 5.74) is 3.06. The molecule has 1 aliphatic heterocycles. The van der Waals surface area contributed by atoms with Gasteiger partial charge in [0.2, 0.25) is 0 Å². The number of benzene rings is 1. The topological polar surface area (TPSA) is 70.7 Å². The molecule has 0 saturated heterocycles. The van der Waals surface area contributed by atoms with Gasteiger partial charge in [0.05, 0.1) is 11.9 Å². The van der Waals surface area contributed by atoms with E-state index in [0.717, 1.165) is 34.0 Å². The van der Waals surface area contributed by atoms with Crippen molar-refractivity contribution in [2.75, 3.05) is 0 Å². The molecule has 1 N–H and O–H groups in total. The minimum absolute atomic E-state index is 0.111. The van der Waals surface area contributed by atoms with Crippen LogP contribution in [-0.4, -0.2) is 21.3 Å². The first kappa shape index (κ1) is 24.6. The Kier molecular flexibility index (Phi) is 6.49. The Labute approximate surface area is 202 Å². The lowest BCUT2D eigenvalue weighted by atomic mass is 9.70. The van der Waals surface area contributed by atoms with E-state index in [1.54, 1.807) is 25.4 Å². The van der Waals surface area contributed by atoms with E-state index in [0.29, 0.717) is 0 Å². The highest BCUT2D eigenvalue weighted by Gasteiger charge is 2.38. The number of rotatable bonds is 5. The largest absolute Gasteiger partial charge is 0.506 e. The zero-order chi connectivity index (χ0) is 25.4. The maximum atomic E-state index is 13.0. The average Bonchev–Trinajstić information content (AvgIpc) is 2.83. The van der Waals surface area contributed by atoms with Gasteiger partial charge in [-0.2, -0.15) is 23.4 Å². The normalized spacial score (nSPS) is 19.9. The third-order valence-corrected chi connectivity index (χ3v) is 6.86. The van der Waals surface area contributed by atoms with Gasteiger partial charge in [-0.15, -0.1) is 0 Å². The third-order valence-electron chi connectivity index (χ3n) is 6.86. The predicted octanol–water partition coefficient (Wildman–Crippen LogP) is 7.40. The summed E-state index contributed by atoms with van der Waals surface area (Å²) < 4.78 is 38.9. The van der Waals surface area contributed by atoms with Gasteiger partial charge in [0, 0.05) is 29.3 Å². The number of alkyl halides is 3. The molecule has 2 aromatic heterocycles. The van der Waals surface area contributed by atoms with Crippen molar-refractivity contribution in [3.8, 4) is 16.9 Å². The number of pyridine rings is 2. The van der Waals surface area contributed by atoms with Crippen LogP contribution < -0.4 is 0 Å². The summed E-state index contributed by atoms with van der Waals surface area (Å²) in [6, 6.07) is 13.1. The van der Waals surface area contributed by atoms with Gasteiger partial charge in [0.15, 0.2) is 5.70 Å². The molecule has 0 bridgehead atoms. The van der Waals surface area contributed by atoms with Gasteiger partial charge in [-0.05, 0) is 47.7 Å². The number of hydrogen-bond acceptors (Lipinski definition) is 5. The first-order valence-corrected chi connectivity index (χ1v) is 11.4. The van der Waals surface area contributed by atoms with Crippen LogP contribution in [0.2, 0.25) is 0 Å². The second kappa shape index (κ2) is 9.24. The van der Waals surface area contributed by atoms with E-state index in [-0.39, 0.29) is 11.7 Å². The smallest absolute Gasteiger partial charge is 0.434 e. The highest BCUT2D eigenvalue weighted by molar-refractivity contribution is 5.64. The van der Waals surface area contributed by atoms with Gasteiger partial charge in [0.25, 0.3) is 0 Å². The zero-order valence-corrected chi connectivity index (χ0v) is 20.0. The molecule has 8 heteroatoms. The monoisotopic (exact) mass is 480 g/mol. The van der Waals surface area contributed by atoms with Crippen LogP contribution in [-0.2, 0) is 5.41 Å². The fourth-order valence-electron chi connectivity index (χ4n) is 4.38. The maximum absolute atomic E-state index is 13.0. The van der Waals surface area contributed by atoms with Crippen molar-refractivity contribution in [1.29, 1.82) is 0 Å². The lowest BCUT2D eigenvalue weighted by molar-refractivity contribution is -0.0943. The number of halogens is 3. The molecule has 1 aromatic carbocycles. The van der Waals surface area contributed by atoms with Gasteiger partial charge < -0.3 is 5.11 Å². The molecule has 0 aliphatic carbocycles. The van der Waals surface area contributed by atoms with Crippen molar-refractivity contribution in [2.24, 2.45) is 22.1 Å². The standard InChI is InChI=1S/C27H27F3N4O/c1-16(2)26(4,21-8-5-18(6-9-21)20-12-22(35)15-31-13-20)23-10-7-19(14-32-23)25-17(3)11-24(33-34-25)27(28,29)30/h5-17,25,35H,1-4H3. The van der Waals surface area contributed by atoms with Crippen LogP contribution in [0.1, 0.15) is 50.6 Å². The summed E-state index contributed by atoms with van der Waals surface area (Å²) in [7, 11) is 0. The molecule has 3 atom stereocenters. The molecule has 182 valence electrons. The van der Waals surface area contributed by atoms with Crippen LogP contribution in [0.5, 0.6) is 5.75 Å². The molecule has 0 saturated carbocycles. The van der Waals surface area contributed by atoms with Gasteiger partial charge in [-0.25, -0.2) is 0 Å². The van der Waals surface area contributed by atoms with Crippen LogP contribution in [0.25, 0.3) is 11.1 Å². The summed E-state index contributed by atoms with van der Waals surface area (Å²) in [6.45, 7) is 8.09. The minimum atomic E-state index is -4.50. The molecule has 0 amide bonds. The van der Waals surface area contributed by atoms with E-state index >= 15 is 0 Å². The van der Waals surface area contributed by atoms with Gasteiger partial charge in [-0.3, -0.25) is 9.97 Å². The predicted molar refractivity (Wildman–Crippen MR) is 128 cm³/mol. The molecule has 3 aromatic rings. The SMILES string of the molecule is CC1C=C(C(F)(F)F)N=NC1c1ccc(C(C)(c2ccc(-c3cncc(O)c3)cc2)C(C)C)nc1. The number of allylic oxidation sites excluding steroid dienone is 1. The lowest BCUT2D eigenvalue weighted by Crippen LogP contribution is -2.31. The highest BCUT2D eigenvalue weighted by Crippen LogP contribution is 2.41. The second-order valence-electron chi connectivity index (χ2n) is 9.41. The Hall–Kier alpha value is -3.55. The molecule has 0 radical (unpaired) electrons. The number of azo groups is 1. The molecule has 5 nitrogen and oxygen atoms in total. The van der Waals surface area contributed by atoms with Crippen molar-refractivity contribution >= 4 is 0 Å². The molecule has 4 rings (SSSR count). The van der Waals surface area contributed by atoms with Crippen LogP contribution in [0, 0.1) is 11.8 Å². The second-order valence-corrected chi connectivity index (χ2v) is 9.41. The summed E-state index contributed by atoms with van der Waals surface area (Å²) in [5, 5.41) is 17.1. The summed E-state index contributed by atoms with van der Waals surface area (Å²) in [4.78, 5) is 8.77. The summed E-state index contributed by atoms with van der Waals surface area (Å²) >= 11 is 0. The Morgan fingerprint density at radius 3 is 2.20 bits per heavy atom. The first-order valence-electron chi connectivity index (χ1n) is 11.4. The summed E-state index contributed by atoms with van der Waals surface area (Å²) in [6.07, 6.45) is 1.40. The molecular formula is C27H27F3N4O. The average molecular weight is 481 g/mol. The molecule has 1 aliphatic rings. The van der Waals surface area contributed by atoms with E-state index in [1.807, 2.05) is 24.3 Å². The zero-order valence-electron chi connectivity index (χ0n) is 20.0. The Balaban J connectivity index is 1.61. The van der Waals surface area contributed by atoms with Gasteiger partial charge in [-0.1, -0.05) is 51.1 Å². The van der Waals surface area contributed by atoms with Crippen LogP contribution in [0.15, 0.2) is 83.1 Å². The van der Waals surface area contributed by atoms with E-state index < -0.39 is 29.2 Å². The molecule has 0 spiro atoms. The van der Waals surface area contributed by atoms with Gasteiger partial charge >= 0.3 is 6.18 Å². The molecule has 3 unspecified atom stereocenters. The Morgan fingerprint density at radius 1 is 0.943 bits per heavy atom. The van der Waals surface area contributed by atoms with Crippen molar-refractivity contribution in [2.45, 2.75) is 45.3 Å². The lowest BCUT2D eigenvalue weighted by Gasteiger charge is -2.34. The fraction of sp³-hybridized carbons (Fsp3) is 0.333. The maximum Gasteiger partial charge on any atom is 0.434 e. The molecular weight excluding hydrogens is 453 g/mol. The summed E-state index contributed by atoms with van der Waals surface area (Å²) in [5.74, 6) is -0.132. The first-order chi connectivity index (χ1) is 16.5. The number of nitrogens with zero attached hydrogens (tertiary/aromatic N) is 4. The van der Waals surface area contributed by atoms with Crippen LogP contribution in [0.3, 0.4) is 0 Å². The van der Waals surface area contributed by atoms with Crippen LogP contribution in [0.4, 0.5) is 13.2 Å². The van der Waals surface area contributed by atoms with E-state index in [1.165, 1.54) is 6.20 Å². The quantitative estimate of drug-likeness (QED) is 0.414. The number of aromatic nitrogens is 2. The fourth-order valence-corrected chi connectivity index (χ4v) is 4.38. The van der Waals surface area contributed by atoms with Gasteiger partial charge in [0.1, 0.15) is 11.8 Å². The van der Waals surface area contributed by atoms with Crippen LogP contribution >= 0.6 is 0 Å². The highest BCUT2D eigenvalue weighted by atomic mass is 19.4. The molecule has 3 heterocycles. The Bertz CT molecular complexity index is 1250.